The second-order valence-electron chi connectivity index (χ2n) is 12.7. The van der Waals surface area contributed by atoms with Gasteiger partial charge < -0.3 is 24.6 Å². The summed E-state index contributed by atoms with van der Waals surface area (Å²) in [5, 5.41) is 24.7. The van der Waals surface area contributed by atoms with Crippen molar-refractivity contribution in [3.63, 3.8) is 0 Å². The van der Waals surface area contributed by atoms with Crippen molar-refractivity contribution in [3.8, 4) is 28.6 Å². The van der Waals surface area contributed by atoms with Crippen molar-refractivity contribution >= 4 is 48.5 Å². The Morgan fingerprint density at radius 1 is 0.815 bits per heavy atom. The lowest BCUT2D eigenvalue weighted by Gasteiger charge is -2.26. The van der Waals surface area contributed by atoms with E-state index in [4.69, 9.17) is 14.2 Å². The van der Waals surface area contributed by atoms with E-state index in [-0.39, 0.29) is 43.9 Å². The van der Waals surface area contributed by atoms with Gasteiger partial charge in [-0.25, -0.2) is 21.6 Å². The molecule has 1 aliphatic carbocycles. The Labute approximate surface area is 326 Å². The molecule has 1 fully saturated rings. The number of methoxy groups -OCH3 is 3. The summed E-state index contributed by atoms with van der Waals surface area (Å²) in [6.45, 7) is -0.117. The van der Waals surface area contributed by atoms with Gasteiger partial charge in [0.25, 0.3) is 0 Å². The molecule has 0 spiro atoms. The van der Waals surface area contributed by atoms with Crippen LogP contribution in [0.2, 0.25) is 0 Å². The van der Waals surface area contributed by atoms with Crippen molar-refractivity contribution in [3.05, 3.63) is 105 Å². The molecule has 1 amide bonds. The van der Waals surface area contributed by atoms with Gasteiger partial charge in [-0.3, -0.25) is 0 Å². The minimum atomic E-state index is -4.74. The van der Waals surface area contributed by atoms with E-state index in [1.54, 1.807) is 67.8 Å². The molecule has 0 radical (unpaired) electrons. The highest BCUT2D eigenvalue weighted by molar-refractivity contribution is 14.1. The zero-order chi connectivity index (χ0) is 38.7. The van der Waals surface area contributed by atoms with Gasteiger partial charge in [-0.05, 0) is 106 Å². The lowest BCUT2D eigenvalue weighted by atomic mass is 10.2. The predicted molar refractivity (Wildman–Crippen MR) is 206 cm³/mol. The quantitative estimate of drug-likeness (QED) is 0.127. The number of aromatic nitrogens is 4. The summed E-state index contributed by atoms with van der Waals surface area (Å²) in [4.78, 5) is 11.9. The Kier molecular flexibility index (Phi) is 11.5. The number of ether oxygens (including phenoxy) is 3. The molecule has 6 rings (SSSR count). The van der Waals surface area contributed by atoms with Crippen LogP contribution < -0.4 is 19.5 Å². The van der Waals surface area contributed by atoms with E-state index in [1.807, 2.05) is 34.7 Å². The van der Waals surface area contributed by atoms with Gasteiger partial charge in [-0.2, -0.15) is 9.10 Å². The molecule has 4 aromatic carbocycles. The van der Waals surface area contributed by atoms with E-state index in [1.165, 1.54) is 35.5 Å². The van der Waals surface area contributed by atoms with Gasteiger partial charge in [0.15, 0.2) is 9.84 Å². The summed E-state index contributed by atoms with van der Waals surface area (Å²) in [5.41, 5.74) is 0.722. The first-order valence-corrected chi connectivity index (χ1v) is 20.7. The van der Waals surface area contributed by atoms with Crippen LogP contribution >= 0.6 is 22.6 Å². The van der Waals surface area contributed by atoms with Crippen molar-refractivity contribution in [2.45, 2.75) is 47.8 Å². The summed E-state index contributed by atoms with van der Waals surface area (Å²) in [6.07, 6.45) is -0.818. The third-order valence-corrected chi connectivity index (χ3v) is 13.7. The number of nitrogens with one attached hydrogen (secondary N) is 1. The zero-order valence-electron chi connectivity index (χ0n) is 29.5. The van der Waals surface area contributed by atoms with E-state index < -0.39 is 47.0 Å². The van der Waals surface area contributed by atoms with E-state index in [0.29, 0.717) is 31.9 Å². The minimum absolute atomic E-state index is 0.0526. The molecule has 0 unspecified atom stereocenters. The molecule has 15 nitrogen and oxygen atoms in total. The molecule has 1 saturated carbocycles. The number of sulfone groups is 1. The van der Waals surface area contributed by atoms with Crippen molar-refractivity contribution in [1.82, 2.24) is 29.8 Å². The van der Waals surface area contributed by atoms with Crippen LogP contribution in [-0.4, -0.2) is 85.2 Å². The third kappa shape index (κ3) is 8.77. The molecular formula is C36H37IN6O9S2. The Balaban J connectivity index is 1.51. The maximum Gasteiger partial charge on any atom is 0.405 e. The first-order chi connectivity index (χ1) is 25.8. The van der Waals surface area contributed by atoms with Crippen LogP contribution in [0.5, 0.6) is 17.2 Å². The van der Waals surface area contributed by atoms with Crippen LogP contribution in [0.1, 0.15) is 29.5 Å². The highest BCUT2D eigenvalue weighted by Gasteiger charge is 2.49. The van der Waals surface area contributed by atoms with Gasteiger partial charge in [0, 0.05) is 16.7 Å². The van der Waals surface area contributed by atoms with Gasteiger partial charge in [0.05, 0.1) is 49.6 Å². The van der Waals surface area contributed by atoms with Gasteiger partial charge in [-0.15, -0.1) is 10.2 Å². The SMILES string of the molecule is COc1ccc(CN(Cc2ccc(OC)cc2)S(=O)(=O)c2c(S(=O)(=O)CC3(NC(=O)O)CC3)ccc(I)c2-c2nnn(Cc3ccc(OC)cc3)n2)cc1. The van der Waals surface area contributed by atoms with Crippen LogP contribution in [0.4, 0.5) is 4.79 Å². The Bertz CT molecular complexity index is 2300. The summed E-state index contributed by atoms with van der Waals surface area (Å²) >= 11 is 1.93. The van der Waals surface area contributed by atoms with Gasteiger partial charge in [0.2, 0.25) is 15.8 Å². The van der Waals surface area contributed by atoms with Crippen molar-refractivity contribution in [2.24, 2.45) is 0 Å². The van der Waals surface area contributed by atoms with E-state index in [0.717, 1.165) is 5.56 Å². The van der Waals surface area contributed by atoms with Crippen LogP contribution in [0.15, 0.2) is 94.7 Å². The molecular weight excluding hydrogens is 851 g/mol. The van der Waals surface area contributed by atoms with Gasteiger partial charge in [0.1, 0.15) is 22.1 Å². The number of tetrazole rings is 1. The normalized spacial score (nSPS) is 13.7. The van der Waals surface area contributed by atoms with E-state index in [2.05, 4.69) is 20.7 Å². The lowest BCUT2D eigenvalue weighted by molar-refractivity contribution is 0.189. The number of benzene rings is 4. The Hall–Kier alpha value is -4.79. The maximum atomic E-state index is 15.3. The summed E-state index contributed by atoms with van der Waals surface area (Å²) in [6, 6.07) is 23.6. The molecule has 1 heterocycles. The Morgan fingerprint density at radius 2 is 1.31 bits per heavy atom. The number of amides is 1. The number of sulfonamides is 1. The topological polar surface area (TPSA) is 192 Å². The minimum Gasteiger partial charge on any atom is -0.497 e. The second-order valence-corrected chi connectivity index (χ2v) is 17.7. The number of rotatable bonds is 16. The van der Waals surface area contributed by atoms with Crippen LogP contribution in [0.3, 0.4) is 0 Å². The molecule has 284 valence electrons. The monoisotopic (exact) mass is 888 g/mol. The molecule has 5 aromatic rings. The van der Waals surface area contributed by atoms with Crippen molar-refractivity contribution < 1.29 is 40.9 Å². The van der Waals surface area contributed by atoms with Crippen LogP contribution in [0.25, 0.3) is 11.4 Å². The standard InChI is InChI=1S/C36H37IN6O9S2/c1-50-27-10-4-24(5-11-27)20-42(21-25-6-12-28(51-2)13-7-25)54(48,49)33-31(53(46,47)23-36(18-19-36)38-35(44)45)17-16-30(37)32(33)34-39-41-43(40-34)22-26-8-14-29(52-3)15-9-26/h4-17,38H,18-23H2,1-3H3,(H,44,45). The number of nitrogens with zero attached hydrogens (tertiary/aromatic N) is 5. The molecule has 54 heavy (non-hydrogen) atoms. The smallest absolute Gasteiger partial charge is 0.405 e. The van der Waals surface area contributed by atoms with E-state index in [9.17, 15) is 18.3 Å². The number of carbonyl (C=O) groups is 1. The fourth-order valence-electron chi connectivity index (χ4n) is 5.90. The molecule has 2 N–H and O–H groups in total. The maximum absolute atomic E-state index is 15.3. The molecule has 1 aliphatic rings. The van der Waals surface area contributed by atoms with Gasteiger partial charge in [-0.1, -0.05) is 36.4 Å². The summed E-state index contributed by atoms with van der Waals surface area (Å²) in [5.74, 6) is 1.05. The molecule has 0 aliphatic heterocycles. The number of hydrogen-bond donors (Lipinski definition) is 2. The number of hydrogen-bond acceptors (Lipinski definition) is 11. The first kappa shape index (κ1) is 38.9. The largest absolute Gasteiger partial charge is 0.497 e. The zero-order valence-corrected chi connectivity index (χ0v) is 33.3. The number of carboxylic acid groups (broad SMARTS) is 1. The van der Waals surface area contributed by atoms with Crippen LogP contribution in [0, 0.1) is 3.57 Å². The second kappa shape index (κ2) is 15.9. The fourth-order valence-corrected chi connectivity index (χ4v) is 11.1. The highest BCUT2D eigenvalue weighted by Crippen LogP contribution is 2.42. The van der Waals surface area contributed by atoms with Gasteiger partial charge >= 0.3 is 6.09 Å². The summed E-state index contributed by atoms with van der Waals surface area (Å²) < 4.78 is 76.8. The van der Waals surface area contributed by atoms with Crippen molar-refractivity contribution in [2.75, 3.05) is 27.1 Å². The molecule has 1 aromatic heterocycles. The highest BCUT2D eigenvalue weighted by atomic mass is 127. The van der Waals surface area contributed by atoms with Crippen molar-refractivity contribution in [1.29, 1.82) is 0 Å². The fraction of sp³-hybridized carbons (Fsp3) is 0.278. The average Bonchev–Trinajstić information content (AvgIpc) is 3.72. The Morgan fingerprint density at radius 3 is 1.78 bits per heavy atom. The third-order valence-electron chi connectivity index (χ3n) is 8.89. The molecule has 0 bridgehead atoms. The molecule has 18 heteroatoms. The predicted octanol–water partition coefficient (Wildman–Crippen LogP) is 4.98. The summed E-state index contributed by atoms with van der Waals surface area (Å²) in [7, 11) is -4.61. The van der Waals surface area contributed by atoms with E-state index >= 15 is 8.42 Å². The molecule has 0 atom stereocenters. The lowest BCUT2D eigenvalue weighted by Crippen LogP contribution is -2.41. The average molecular weight is 889 g/mol. The molecule has 0 saturated heterocycles. The van der Waals surface area contributed by atoms with Crippen LogP contribution in [-0.2, 0) is 39.5 Å². The first-order valence-electron chi connectivity index (χ1n) is 16.5. The number of halogens is 1.